The van der Waals surface area contributed by atoms with E-state index < -0.39 is 14.9 Å². The van der Waals surface area contributed by atoms with Crippen LogP contribution in [-0.4, -0.2) is 33.0 Å². The number of sulfonamides is 1. The molecule has 1 aromatic rings. The third-order valence-electron chi connectivity index (χ3n) is 4.17. The number of aryl methyl sites for hydroxylation is 2. The molecule has 1 saturated heterocycles. The van der Waals surface area contributed by atoms with Crippen molar-refractivity contribution in [1.29, 1.82) is 0 Å². The smallest absolute Gasteiger partial charge is 0.270 e. The van der Waals surface area contributed by atoms with Gasteiger partial charge in [-0.1, -0.05) is 0 Å². The van der Waals surface area contributed by atoms with Crippen molar-refractivity contribution in [2.75, 3.05) is 19.6 Å². The van der Waals surface area contributed by atoms with Crippen LogP contribution in [0.2, 0.25) is 0 Å². The van der Waals surface area contributed by atoms with Crippen molar-refractivity contribution in [1.82, 2.24) is 10.0 Å². The van der Waals surface area contributed by atoms with Gasteiger partial charge in [-0.25, -0.2) is 13.1 Å². The molecule has 0 aromatic heterocycles. The topological polar surface area (TPSA) is 101 Å². The van der Waals surface area contributed by atoms with Crippen LogP contribution in [0.3, 0.4) is 0 Å². The van der Waals surface area contributed by atoms with Gasteiger partial charge in [0.1, 0.15) is 0 Å². The molecule has 1 unspecified atom stereocenters. The highest BCUT2D eigenvalue weighted by atomic mass is 35.5. The van der Waals surface area contributed by atoms with E-state index in [-0.39, 0.29) is 23.0 Å². The Morgan fingerprint density at radius 1 is 1.33 bits per heavy atom. The molecular weight excluding hydrogens is 354 g/mol. The minimum Gasteiger partial charge on any atom is -0.316 e. The van der Waals surface area contributed by atoms with E-state index >= 15 is 0 Å². The van der Waals surface area contributed by atoms with Gasteiger partial charge in [-0.3, -0.25) is 10.1 Å². The van der Waals surface area contributed by atoms with Gasteiger partial charge in [-0.05, 0) is 63.2 Å². The molecule has 7 nitrogen and oxygen atoms in total. The highest BCUT2D eigenvalue weighted by Crippen LogP contribution is 2.25. The van der Waals surface area contributed by atoms with E-state index in [9.17, 15) is 18.5 Å². The number of halogens is 1. The first-order chi connectivity index (χ1) is 10.8. The zero-order chi connectivity index (χ0) is 17.0. The Bertz CT molecular complexity index is 665. The third-order valence-corrected chi connectivity index (χ3v) is 5.93. The maximum Gasteiger partial charge on any atom is 0.270 e. The lowest BCUT2D eigenvalue weighted by Gasteiger charge is -2.22. The first-order valence-corrected chi connectivity index (χ1v) is 9.25. The molecule has 0 bridgehead atoms. The second-order valence-corrected chi connectivity index (χ2v) is 7.77. The van der Waals surface area contributed by atoms with Gasteiger partial charge in [0.05, 0.1) is 9.82 Å². The lowest BCUT2D eigenvalue weighted by Crippen LogP contribution is -2.33. The van der Waals surface area contributed by atoms with E-state index in [1.54, 1.807) is 13.8 Å². The van der Waals surface area contributed by atoms with Gasteiger partial charge < -0.3 is 5.32 Å². The molecular formula is C15H24ClN3O4S. The summed E-state index contributed by atoms with van der Waals surface area (Å²) in [6.45, 7) is 5.50. The number of piperidine rings is 1. The second kappa shape index (κ2) is 8.75. The number of nitrogens with zero attached hydrogens (tertiary/aromatic N) is 1. The minimum atomic E-state index is -3.66. The van der Waals surface area contributed by atoms with Crippen molar-refractivity contribution in [3.05, 3.63) is 33.4 Å². The Morgan fingerprint density at radius 2 is 1.96 bits per heavy atom. The summed E-state index contributed by atoms with van der Waals surface area (Å²) in [6.07, 6.45) is 3.03. The number of non-ortho nitro benzene ring substituents is 1. The van der Waals surface area contributed by atoms with Crippen LogP contribution in [0.5, 0.6) is 0 Å². The van der Waals surface area contributed by atoms with Crippen LogP contribution in [0.15, 0.2) is 17.0 Å². The maximum atomic E-state index is 12.5. The van der Waals surface area contributed by atoms with Gasteiger partial charge >= 0.3 is 0 Å². The summed E-state index contributed by atoms with van der Waals surface area (Å²) in [5.74, 6) is 0.491. The summed E-state index contributed by atoms with van der Waals surface area (Å²) >= 11 is 0. The van der Waals surface area contributed by atoms with Crippen LogP contribution in [0, 0.1) is 29.9 Å². The van der Waals surface area contributed by atoms with Crippen molar-refractivity contribution in [2.24, 2.45) is 5.92 Å². The van der Waals surface area contributed by atoms with Crippen LogP contribution in [0.1, 0.15) is 30.4 Å². The highest BCUT2D eigenvalue weighted by Gasteiger charge is 2.23. The quantitative estimate of drug-likeness (QED) is 0.585. The lowest BCUT2D eigenvalue weighted by atomic mass is 9.96. The minimum absolute atomic E-state index is 0. The predicted molar refractivity (Wildman–Crippen MR) is 95.2 cm³/mol. The molecule has 1 fully saturated rings. The van der Waals surface area contributed by atoms with Gasteiger partial charge in [0.15, 0.2) is 0 Å². The lowest BCUT2D eigenvalue weighted by molar-refractivity contribution is -0.385. The van der Waals surface area contributed by atoms with Gasteiger partial charge in [-0.15, -0.1) is 12.4 Å². The van der Waals surface area contributed by atoms with E-state index in [1.165, 1.54) is 12.1 Å². The number of nitro groups is 1. The van der Waals surface area contributed by atoms with E-state index in [2.05, 4.69) is 10.0 Å². The van der Waals surface area contributed by atoms with Crippen LogP contribution in [0.25, 0.3) is 0 Å². The van der Waals surface area contributed by atoms with Crippen molar-refractivity contribution >= 4 is 28.1 Å². The fraction of sp³-hybridized carbons (Fsp3) is 0.600. The summed E-state index contributed by atoms with van der Waals surface area (Å²) in [5, 5.41) is 14.2. The van der Waals surface area contributed by atoms with Gasteiger partial charge in [0.25, 0.3) is 5.69 Å². The van der Waals surface area contributed by atoms with Crippen LogP contribution >= 0.6 is 12.4 Å². The number of nitro benzene ring substituents is 1. The summed E-state index contributed by atoms with van der Waals surface area (Å²) in [5.41, 5.74) is 0.694. The summed E-state index contributed by atoms with van der Waals surface area (Å²) in [4.78, 5) is 10.5. The molecule has 9 heteroatoms. The van der Waals surface area contributed by atoms with Gasteiger partial charge in [-0.2, -0.15) is 0 Å². The van der Waals surface area contributed by atoms with Crippen LogP contribution < -0.4 is 10.0 Å². The second-order valence-electron chi connectivity index (χ2n) is 6.06. The molecule has 1 aliphatic rings. The molecule has 1 aromatic carbocycles. The van der Waals surface area contributed by atoms with Crippen LogP contribution in [-0.2, 0) is 10.0 Å². The Morgan fingerprint density at radius 3 is 2.46 bits per heavy atom. The zero-order valence-electron chi connectivity index (χ0n) is 13.9. The molecule has 0 aliphatic carbocycles. The zero-order valence-corrected chi connectivity index (χ0v) is 15.5. The number of rotatable bonds is 6. The largest absolute Gasteiger partial charge is 0.316 e. The Labute approximate surface area is 148 Å². The molecule has 1 heterocycles. The van der Waals surface area contributed by atoms with E-state index in [1.807, 2.05) is 0 Å². The molecule has 2 N–H and O–H groups in total. The Hall–Kier alpha value is -1.22. The van der Waals surface area contributed by atoms with E-state index in [0.717, 1.165) is 32.4 Å². The standard InChI is InChI=1S/C15H23N3O4S.ClH/c1-11-8-14(18(19)20)9-12(2)15(11)23(21,22)17-7-5-13-4-3-6-16-10-13;/h8-9,13,16-17H,3-7,10H2,1-2H3;1H. The maximum absolute atomic E-state index is 12.5. The molecule has 0 saturated carbocycles. The van der Waals surface area contributed by atoms with Crippen molar-refractivity contribution < 1.29 is 13.3 Å². The summed E-state index contributed by atoms with van der Waals surface area (Å²) < 4.78 is 27.6. The summed E-state index contributed by atoms with van der Waals surface area (Å²) in [7, 11) is -3.66. The molecule has 0 radical (unpaired) electrons. The number of nitrogens with one attached hydrogen (secondary N) is 2. The average Bonchev–Trinajstić information content (AvgIpc) is 2.47. The normalized spacial score (nSPS) is 18.0. The van der Waals surface area contributed by atoms with Crippen molar-refractivity contribution in [3.63, 3.8) is 0 Å². The molecule has 0 spiro atoms. The van der Waals surface area contributed by atoms with Crippen molar-refractivity contribution in [2.45, 2.75) is 38.0 Å². The third kappa shape index (κ3) is 5.14. The fourth-order valence-corrected chi connectivity index (χ4v) is 4.59. The molecule has 136 valence electrons. The number of hydrogen-bond acceptors (Lipinski definition) is 5. The molecule has 1 atom stereocenters. The Balaban J connectivity index is 0.00000288. The van der Waals surface area contributed by atoms with Gasteiger partial charge in [0.2, 0.25) is 10.0 Å². The fourth-order valence-electron chi connectivity index (χ4n) is 3.10. The number of benzene rings is 1. The first-order valence-electron chi connectivity index (χ1n) is 7.77. The van der Waals surface area contributed by atoms with E-state index in [0.29, 0.717) is 23.6 Å². The summed E-state index contributed by atoms with van der Waals surface area (Å²) in [6, 6.07) is 2.60. The van der Waals surface area contributed by atoms with Crippen LogP contribution in [0.4, 0.5) is 5.69 Å². The Kier molecular flexibility index (Phi) is 7.59. The molecule has 2 rings (SSSR count). The molecule has 0 amide bonds. The monoisotopic (exact) mass is 377 g/mol. The molecule has 24 heavy (non-hydrogen) atoms. The SMILES string of the molecule is Cc1cc([N+](=O)[O-])cc(C)c1S(=O)(=O)NCCC1CCCNC1.Cl. The molecule has 1 aliphatic heterocycles. The average molecular weight is 378 g/mol. The van der Waals surface area contributed by atoms with E-state index in [4.69, 9.17) is 0 Å². The first kappa shape index (κ1) is 20.8. The van der Waals surface area contributed by atoms with Crippen molar-refractivity contribution in [3.8, 4) is 0 Å². The predicted octanol–water partition coefficient (Wildman–Crippen LogP) is 2.30. The van der Waals surface area contributed by atoms with Gasteiger partial charge in [0, 0.05) is 18.7 Å². The number of hydrogen-bond donors (Lipinski definition) is 2. The highest BCUT2D eigenvalue weighted by molar-refractivity contribution is 7.89.